The highest BCUT2D eigenvalue weighted by Gasteiger charge is 2.02. The van der Waals surface area contributed by atoms with Gasteiger partial charge >= 0.3 is 0 Å². The molecule has 0 amide bonds. The SMILES string of the molecule is CCc1nnc(C=S)n1N. The van der Waals surface area contributed by atoms with Crippen LogP contribution in [0.4, 0.5) is 0 Å². The molecule has 0 radical (unpaired) electrons. The Balaban J connectivity index is 3.08. The van der Waals surface area contributed by atoms with Crippen molar-refractivity contribution in [2.75, 3.05) is 5.84 Å². The average molecular weight is 156 g/mol. The fourth-order valence-electron chi connectivity index (χ4n) is 0.659. The maximum Gasteiger partial charge on any atom is 0.185 e. The normalized spacial score (nSPS) is 9.70. The van der Waals surface area contributed by atoms with Gasteiger partial charge < -0.3 is 5.84 Å². The minimum Gasteiger partial charge on any atom is -0.336 e. The molecule has 0 bridgehead atoms. The highest BCUT2D eigenvalue weighted by Crippen LogP contribution is 1.93. The van der Waals surface area contributed by atoms with Gasteiger partial charge in [0, 0.05) is 11.8 Å². The van der Waals surface area contributed by atoms with Crippen LogP contribution in [0.25, 0.3) is 0 Å². The van der Waals surface area contributed by atoms with Crippen molar-refractivity contribution >= 4 is 17.6 Å². The molecule has 1 aromatic heterocycles. The summed E-state index contributed by atoms with van der Waals surface area (Å²) in [5, 5.41) is 8.94. The third-order valence-electron chi connectivity index (χ3n) is 1.21. The van der Waals surface area contributed by atoms with E-state index in [-0.39, 0.29) is 0 Å². The van der Waals surface area contributed by atoms with Gasteiger partial charge in [0.05, 0.1) is 0 Å². The summed E-state index contributed by atoms with van der Waals surface area (Å²) in [7, 11) is 0. The van der Waals surface area contributed by atoms with E-state index >= 15 is 0 Å². The van der Waals surface area contributed by atoms with Crippen molar-refractivity contribution in [1.82, 2.24) is 14.9 Å². The predicted octanol–water partition coefficient (Wildman–Crippen LogP) is -0.0979. The number of hydrogen-bond acceptors (Lipinski definition) is 4. The summed E-state index contributed by atoms with van der Waals surface area (Å²) < 4.78 is 1.40. The molecule has 1 heterocycles. The van der Waals surface area contributed by atoms with Gasteiger partial charge in [-0.3, -0.25) is 0 Å². The lowest BCUT2D eigenvalue weighted by atomic mass is 10.5. The standard InChI is InChI=1S/C5H8N4S/c1-2-4-7-8-5(3-10)9(4)6/h3H,2,6H2,1H3. The number of nitrogen functional groups attached to an aromatic ring is 1. The Morgan fingerprint density at radius 3 is 2.70 bits per heavy atom. The molecular weight excluding hydrogens is 148 g/mol. The molecule has 2 N–H and O–H groups in total. The molecular formula is C5H8N4S. The van der Waals surface area contributed by atoms with Crippen LogP contribution in [-0.4, -0.2) is 20.2 Å². The van der Waals surface area contributed by atoms with Crippen LogP contribution in [0, 0.1) is 0 Å². The molecule has 0 fully saturated rings. The smallest absolute Gasteiger partial charge is 0.185 e. The zero-order valence-electron chi connectivity index (χ0n) is 5.61. The van der Waals surface area contributed by atoms with E-state index in [4.69, 9.17) is 5.84 Å². The minimum absolute atomic E-state index is 0.534. The van der Waals surface area contributed by atoms with E-state index in [2.05, 4.69) is 22.4 Å². The van der Waals surface area contributed by atoms with Gasteiger partial charge in [0.25, 0.3) is 0 Å². The molecule has 0 saturated carbocycles. The number of aromatic nitrogens is 3. The quantitative estimate of drug-likeness (QED) is 0.480. The van der Waals surface area contributed by atoms with Crippen molar-refractivity contribution in [2.24, 2.45) is 0 Å². The van der Waals surface area contributed by atoms with Crippen LogP contribution < -0.4 is 5.84 Å². The number of hydrogen-bond donors (Lipinski definition) is 1. The summed E-state index contributed by atoms with van der Waals surface area (Å²) in [4.78, 5) is 0. The van der Waals surface area contributed by atoms with E-state index in [0.29, 0.717) is 5.82 Å². The molecule has 0 atom stereocenters. The predicted molar refractivity (Wildman–Crippen MR) is 42.3 cm³/mol. The summed E-state index contributed by atoms with van der Waals surface area (Å²) in [5.41, 5.74) is 0. The largest absolute Gasteiger partial charge is 0.336 e. The summed E-state index contributed by atoms with van der Waals surface area (Å²) in [6.07, 6.45) is 0.771. The van der Waals surface area contributed by atoms with E-state index < -0.39 is 0 Å². The Kier molecular flexibility index (Phi) is 1.96. The lowest BCUT2D eigenvalue weighted by Gasteiger charge is -1.95. The van der Waals surface area contributed by atoms with E-state index in [9.17, 15) is 0 Å². The molecule has 5 heteroatoms. The molecule has 4 nitrogen and oxygen atoms in total. The topological polar surface area (TPSA) is 56.7 Å². The van der Waals surface area contributed by atoms with Gasteiger partial charge in [-0.1, -0.05) is 19.1 Å². The second kappa shape index (κ2) is 2.74. The molecule has 0 aliphatic rings. The van der Waals surface area contributed by atoms with E-state index in [1.807, 2.05) is 6.92 Å². The van der Waals surface area contributed by atoms with Crippen LogP contribution in [-0.2, 0) is 6.42 Å². The fourth-order valence-corrected chi connectivity index (χ4v) is 0.820. The average Bonchev–Trinajstić information content (AvgIpc) is 2.30. The molecule has 0 spiro atoms. The number of aryl methyl sites for hydroxylation is 1. The lowest BCUT2D eigenvalue weighted by molar-refractivity contribution is 0.852. The Morgan fingerprint density at radius 1 is 1.70 bits per heavy atom. The Labute approximate surface area is 64.0 Å². The maximum absolute atomic E-state index is 5.52. The molecule has 0 aliphatic heterocycles. The van der Waals surface area contributed by atoms with Crippen molar-refractivity contribution < 1.29 is 0 Å². The summed E-state index contributed by atoms with van der Waals surface area (Å²) in [5.74, 6) is 6.80. The summed E-state index contributed by atoms with van der Waals surface area (Å²) >= 11 is 4.64. The number of nitrogens with two attached hydrogens (primary N) is 1. The van der Waals surface area contributed by atoms with Gasteiger partial charge in [0.2, 0.25) is 0 Å². The van der Waals surface area contributed by atoms with Gasteiger partial charge in [0.1, 0.15) is 0 Å². The zero-order valence-corrected chi connectivity index (χ0v) is 6.43. The highest BCUT2D eigenvalue weighted by atomic mass is 32.1. The Morgan fingerprint density at radius 2 is 2.40 bits per heavy atom. The number of thiocarbonyl (C=S) groups is 1. The van der Waals surface area contributed by atoms with Gasteiger partial charge in [-0.2, -0.15) is 0 Å². The fraction of sp³-hybridized carbons (Fsp3) is 0.400. The molecule has 10 heavy (non-hydrogen) atoms. The number of rotatable bonds is 2. The Hall–Kier alpha value is -0.970. The van der Waals surface area contributed by atoms with Crippen LogP contribution in [0.3, 0.4) is 0 Å². The molecule has 0 saturated heterocycles. The van der Waals surface area contributed by atoms with E-state index in [0.717, 1.165) is 12.2 Å². The van der Waals surface area contributed by atoms with Gasteiger partial charge in [-0.15, -0.1) is 10.2 Å². The molecule has 54 valence electrons. The second-order valence-electron chi connectivity index (χ2n) is 1.82. The van der Waals surface area contributed by atoms with Crippen LogP contribution >= 0.6 is 12.2 Å². The lowest BCUT2D eigenvalue weighted by Crippen LogP contribution is -2.15. The number of nitrogens with zero attached hydrogens (tertiary/aromatic N) is 3. The summed E-state index contributed by atoms with van der Waals surface area (Å²) in [6.45, 7) is 1.96. The first kappa shape index (κ1) is 7.14. The third kappa shape index (κ3) is 0.995. The maximum atomic E-state index is 5.52. The van der Waals surface area contributed by atoms with Gasteiger partial charge in [-0.05, 0) is 0 Å². The highest BCUT2D eigenvalue weighted by molar-refractivity contribution is 7.79. The van der Waals surface area contributed by atoms with Crippen LogP contribution in [0.15, 0.2) is 0 Å². The monoisotopic (exact) mass is 156 g/mol. The van der Waals surface area contributed by atoms with Crippen molar-refractivity contribution in [3.05, 3.63) is 11.6 Å². The van der Waals surface area contributed by atoms with Crippen molar-refractivity contribution in [3.8, 4) is 0 Å². The second-order valence-corrected chi connectivity index (χ2v) is 2.05. The summed E-state index contributed by atoms with van der Waals surface area (Å²) in [6, 6.07) is 0. The van der Waals surface area contributed by atoms with Crippen molar-refractivity contribution in [3.63, 3.8) is 0 Å². The third-order valence-corrected chi connectivity index (χ3v) is 1.43. The van der Waals surface area contributed by atoms with Crippen molar-refractivity contribution in [1.29, 1.82) is 0 Å². The molecule has 0 unspecified atom stereocenters. The van der Waals surface area contributed by atoms with E-state index in [1.54, 1.807) is 0 Å². The zero-order chi connectivity index (χ0) is 7.56. The van der Waals surface area contributed by atoms with Gasteiger partial charge in [0.15, 0.2) is 11.6 Å². The molecule has 0 aliphatic carbocycles. The van der Waals surface area contributed by atoms with E-state index in [1.165, 1.54) is 10.0 Å². The van der Waals surface area contributed by atoms with Crippen LogP contribution in [0.5, 0.6) is 0 Å². The minimum atomic E-state index is 0.534. The first-order valence-corrected chi connectivity index (χ1v) is 3.41. The Bertz CT molecular complexity index is 242. The molecule has 0 aromatic carbocycles. The van der Waals surface area contributed by atoms with Crippen LogP contribution in [0.1, 0.15) is 18.6 Å². The first-order valence-electron chi connectivity index (χ1n) is 2.94. The molecule has 1 aromatic rings. The molecule has 1 rings (SSSR count). The van der Waals surface area contributed by atoms with Gasteiger partial charge in [-0.25, -0.2) is 4.68 Å². The van der Waals surface area contributed by atoms with Crippen LogP contribution in [0.2, 0.25) is 0 Å². The first-order chi connectivity index (χ1) is 4.79. The van der Waals surface area contributed by atoms with Crippen molar-refractivity contribution in [2.45, 2.75) is 13.3 Å².